The molecule has 4 nitrogen and oxygen atoms in total. The fourth-order valence-electron chi connectivity index (χ4n) is 3.85. The van der Waals surface area contributed by atoms with Gasteiger partial charge in [0.25, 0.3) is 6.43 Å². The summed E-state index contributed by atoms with van der Waals surface area (Å²) in [6.45, 7) is 0.196. The Labute approximate surface area is 139 Å². The van der Waals surface area contributed by atoms with E-state index in [1.165, 1.54) is 24.3 Å². The SMILES string of the molecule is CN1CC(C(=O)Nc2ccccc2[C@@H]2C[C@H]2C2CC2)C(C(F)F)=N1. The fraction of sp³-hybridized carbons (Fsp3) is 0.556. The highest BCUT2D eigenvalue weighted by molar-refractivity contribution is 6.11. The summed E-state index contributed by atoms with van der Waals surface area (Å²) in [7, 11) is 1.61. The quantitative estimate of drug-likeness (QED) is 0.898. The van der Waals surface area contributed by atoms with E-state index in [-0.39, 0.29) is 12.3 Å². The van der Waals surface area contributed by atoms with Crippen LogP contribution in [0.3, 0.4) is 0 Å². The smallest absolute Gasteiger partial charge is 0.279 e. The van der Waals surface area contributed by atoms with Crippen molar-refractivity contribution in [1.82, 2.24) is 5.01 Å². The lowest BCUT2D eigenvalue weighted by Gasteiger charge is -2.16. The molecule has 2 saturated carbocycles. The van der Waals surface area contributed by atoms with Crippen LogP contribution in [-0.2, 0) is 4.79 Å². The Bertz CT molecular complexity index is 687. The van der Waals surface area contributed by atoms with Gasteiger partial charge in [-0.05, 0) is 48.6 Å². The molecule has 0 bridgehead atoms. The summed E-state index contributed by atoms with van der Waals surface area (Å²) in [5.41, 5.74) is 1.57. The predicted molar refractivity (Wildman–Crippen MR) is 88.2 cm³/mol. The first-order valence-corrected chi connectivity index (χ1v) is 8.52. The van der Waals surface area contributed by atoms with Gasteiger partial charge in [-0.25, -0.2) is 8.78 Å². The number of nitrogens with one attached hydrogen (secondary N) is 1. The number of rotatable bonds is 5. The molecule has 2 fully saturated rings. The standard InChI is InChI=1S/C18H21F2N3O/c1-23-9-14(16(22-23)17(19)20)18(24)21-15-5-3-2-4-11(15)13-8-12(13)10-6-7-10/h2-5,10,12-14,17H,6-9H2,1H3,(H,21,24)/t12-,13-,14?/m0/s1. The molecule has 0 aromatic heterocycles. The largest absolute Gasteiger partial charge is 0.325 e. The number of hydrazone groups is 1. The molecular weight excluding hydrogens is 312 g/mol. The molecule has 0 saturated heterocycles. The number of para-hydroxylation sites is 1. The second kappa shape index (κ2) is 5.83. The van der Waals surface area contributed by atoms with Gasteiger partial charge in [0.1, 0.15) is 11.6 Å². The second-order valence-corrected chi connectivity index (χ2v) is 7.14. The molecule has 0 spiro atoms. The average molecular weight is 333 g/mol. The van der Waals surface area contributed by atoms with Crippen molar-refractivity contribution in [3.8, 4) is 0 Å². The molecule has 6 heteroatoms. The lowest BCUT2D eigenvalue weighted by Crippen LogP contribution is -2.34. The van der Waals surface area contributed by atoms with Crippen LogP contribution in [0, 0.1) is 17.8 Å². The molecule has 1 N–H and O–H groups in total. The van der Waals surface area contributed by atoms with Gasteiger partial charge in [-0.1, -0.05) is 18.2 Å². The van der Waals surface area contributed by atoms with Crippen molar-refractivity contribution < 1.29 is 13.6 Å². The van der Waals surface area contributed by atoms with Gasteiger partial charge < -0.3 is 5.32 Å². The number of halogens is 2. The van der Waals surface area contributed by atoms with E-state index in [1.807, 2.05) is 24.3 Å². The van der Waals surface area contributed by atoms with E-state index in [0.29, 0.717) is 5.92 Å². The maximum absolute atomic E-state index is 13.1. The van der Waals surface area contributed by atoms with Crippen LogP contribution < -0.4 is 5.32 Å². The number of amides is 1. The van der Waals surface area contributed by atoms with Crippen LogP contribution in [-0.4, -0.2) is 36.6 Å². The molecule has 0 radical (unpaired) electrons. The summed E-state index contributed by atoms with van der Waals surface area (Å²) in [6.07, 6.45) is 1.10. The summed E-state index contributed by atoms with van der Waals surface area (Å²) >= 11 is 0. The first kappa shape index (κ1) is 15.5. The summed E-state index contributed by atoms with van der Waals surface area (Å²) in [5, 5.41) is 8.07. The van der Waals surface area contributed by atoms with E-state index >= 15 is 0 Å². The Kier molecular flexibility index (Phi) is 3.77. The molecule has 1 heterocycles. The van der Waals surface area contributed by atoms with Gasteiger partial charge in [0.15, 0.2) is 0 Å². The molecule has 1 aliphatic heterocycles. The lowest BCUT2D eigenvalue weighted by molar-refractivity contribution is -0.118. The van der Waals surface area contributed by atoms with Gasteiger partial charge in [-0.15, -0.1) is 0 Å². The first-order valence-electron chi connectivity index (χ1n) is 8.52. The van der Waals surface area contributed by atoms with Gasteiger partial charge >= 0.3 is 0 Å². The van der Waals surface area contributed by atoms with Crippen molar-refractivity contribution >= 4 is 17.3 Å². The number of carbonyl (C=O) groups is 1. The average Bonchev–Trinajstić information content (AvgIpc) is 3.44. The Hall–Kier alpha value is -1.98. The lowest BCUT2D eigenvalue weighted by atomic mass is 10.0. The third-order valence-corrected chi connectivity index (χ3v) is 5.32. The Morgan fingerprint density at radius 2 is 2.08 bits per heavy atom. The highest BCUT2D eigenvalue weighted by Crippen LogP contribution is 2.60. The number of hydrogen-bond acceptors (Lipinski definition) is 3. The number of anilines is 1. The number of nitrogens with zero attached hydrogens (tertiary/aromatic N) is 2. The molecule has 2 aliphatic carbocycles. The van der Waals surface area contributed by atoms with Gasteiger partial charge in [0.05, 0.1) is 6.54 Å². The normalized spacial score (nSPS) is 28.9. The van der Waals surface area contributed by atoms with E-state index in [0.717, 1.165) is 23.1 Å². The van der Waals surface area contributed by atoms with Crippen LogP contribution in [0.2, 0.25) is 0 Å². The van der Waals surface area contributed by atoms with Gasteiger partial charge in [-0.2, -0.15) is 5.10 Å². The Morgan fingerprint density at radius 3 is 2.79 bits per heavy atom. The van der Waals surface area contributed by atoms with Crippen LogP contribution in [0.5, 0.6) is 0 Å². The molecule has 1 unspecified atom stereocenters. The Balaban J connectivity index is 1.49. The van der Waals surface area contributed by atoms with Crippen LogP contribution >= 0.6 is 0 Å². The van der Waals surface area contributed by atoms with Crippen LogP contribution in [0.25, 0.3) is 0 Å². The van der Waals surface area contributed by atoms with Crippen molar-refractivity contribution in [2.75, 3.05) is 18.9 Å². The van der Waals surface area contributed by atoms with Crippen LogP contribution in [0.4, 0.5) is 14.5 Å². The molecule has 3 aliphatic rings. The van der Waals surface area contributed by atoms with E-state index in [1.54, 1.807) is 7.05 Å². The summed E-state index contributed by atoms with van der Waals surface area (Å²) < 4.78 is 26.2. The second-order valence-electron chi connectivity index (χ2n) is 7.14. The Morgan fingerprint density at radius 1 is 1.33 bits per heavy atom. The number of hydrogen-bond donors (Lipinski definition) is 1. The maximum atomic E-state index is 13.1. The van der Waals surface area contributed by atoms with Gasteiger partial charge in [-0.3, -0.25) is 9.80 Å². The zero-order valence-electron chi connectivity index (χ0n) is 13.6. The maximum Gasteiger partial charge on any atom is 0.279 e. The summed E-state index contributed by atoms with van der Waals surface area (Å²) in [4.78, 5) is 12.5. The summed E-state index contributed by atoms with van der Waals surface area (Å²) in [5.74, 6) is 0.804. The molecule has 3 atom stereocenters. The van der Waals surface area contributed by atoms with Crippen molar-refractivity contribution in [3.63, 3.8) is 0 Å². The third kappa shape index (κ3) is 2.89. The minimum absolute atomic E-state index is 0.196. The zero-order valence-corrected chi connectivity index (χ0v) is 13.6. The number of benzene rings is 1. The van der Waals surface area contributed by atoms with E-state index in [4.69, 9.17) is 0 Å². The molecule has 4 rings (SSSR count). The molecule has 24 heavy (non-hydrogen) atoms. The van der Waals surface area contributed by atoms with Gasteiger partial charge in [0, 0.05) is 12.7 Å². The minimum atomic E-state index is -2.70. The van der Waals surface area contributed by atoms with Crippen molar-refractivity contribution in [1.29, 1.82) is 0 Å². The van der Waals surface area contributed by atoms with Crippen LogP contribution in [0.1, 0.15) is 30.7 Å². The monoisotopic (exact) mass is 333 g/mol. The van der Waals surface area contributed by atoms with E-state index in [2.05, 4.69) is 10.4 Å². The molecular formula is C18H21F2N3O. The topological polar surface area (TPSA) is 44.7 Å². The highest BCUT2D eigenvalue weighted by atomic mass is 19.3. The van der Waals surface area contributed by atoms with Crippen molar-refractivity contribution in [2.24, 2.45) is 22.9 Å². The highest BCUT2D eigenvalue weighted by Gasteiger charge is 2.48. The van der Waals surface area contributed by atoms with Crippen molar-refractivity contribution in [3.05, 3.63) is 29.8 Å². The minimum Gasteiger partial charge on any atom is -0.325 e. The van der Waals surface area contributed by atoms with Gasteiger partial charge in [0.2, 0.25) is 5.91 Å². The molecule has 1 amide bonds. The first-order chi connectivity index (χ1) is 11.5. The number of alkyl halides is 2. The zero-order chi connectivity index (χ0) is 16.8. The molecule has 128 valence electrons. The fourth-order valence-corrected chi connectivity index (χ4v) is 3.85. The van der Waals surface area contributed by atoms with Crippen LogP contribution in [0.15, 0.2) is 29.4 Å². The van der Waals surface area contributed by atoms with Crippen molar-refractivity contribution in [2.45, 2.75) is 31.6 Å². The number of carbonyl (C=O) groups excluding carboxylic acids is 1. The van der Waals surface area contributed by atoms with E-state index < -0.39 is 18.3 Å². The predicted octanol–water partition coefficient (Wildman–Crippen LogP) is 3.32. The molecule has 1 aromatic carbocycles. The van der Waals surface area contributed by atoms with E-state index in [9.17, 15) is 13.6 Å². The third-order valence-electron chi connectivity index (χ3n) is 5.32. The summed E-state index contributed by atoms with van der Waals surface area (Å²) in [6, 6.07) is 7.76. The molecule has 1 aromatic rings.